The second kappa shape index (κ2) is 7.63. The molecular formula is C4H5BrHgO2. The quantitative estimate of drug-likeness (QED) is 0.451. The molecule has 0 spiro atoms. The molecule has 0 aliphatic heterocycles. The van der Waals surface area contributed by atoms with Crippen molar-refractivity contribution in [1.82, 2.24) is 0 Å². The van der Waals surface area contributed by atoms with Gasteiger partial charge >= 0.3 is 5.97 Å². The molecule has 0 saturated carbocycles. The summed E-state index contributed by atoms with van der Waals surface area (Å²) in [5, 5.41) is 8.53. The van der Waals surface area contributed by atoms with Crippen LogP contribution in [0.1, 0.15) is 0 Å². The third-order valence-corrected chi connectivity index (χ3v) is 0.723. The molecule has 0 aromatic carbocycles. The summed E-state index contributed by atoms with van der Waals surface area (Å²) >= 11 is 3.03. The first-order valence-electron chi connectivity index (χ1n) is 1.73. The summed E-state index contributed by atoms with van der Waals surface area (Å²) in [5.41, 5.74) is 0. The first kappa shape index (κ1) is 11.4. The van der Waals surface area contributed by atoms with Crippen LogP contribution in [-0.2, 0) is 32.5 Å². The Morgan fingerprint density at radius 2 is 2.25 bits per heavy atom. The predicted molar refractivity (Wildman–Crippen MR) is 30.6 cm³/mol. The number of carbonyl (C=O) groups is 1. The Morgan fingerprint density at radius 1 is 1.75 bits per heavy atom. The Kier molecular flexibility index (Phi) is 10.9. The largest absolute Gasteiger partial charge is 0.478 e. The fraction of sp³-hybridized carbons (Fsp3) is 0.250. The summed E-state index contributed by atoms with van der Waals surface area (Å²) < 4.78 is 0. The second-order valence-corrected chi connectivity index (χ2v) is 1.54. The molecule has 0 saturated heterocycles. The molecule has 0 bridgehead atoms. The van der Waals surface area contributed by atoms with Crippen molar-refractivity contribution in [2.45, 2.75) is 0 Å². The molecule has 42 valence electrons. The van der Waals surface area contributed by atoms with Crippen LogP contribution in [0, 0.1) is 0 Å². The monoisotopic (exact) mass is 366 g/mol. The zero-order chi connectivity index (χ0) is 5.70. The van der Waals surface area contributed by atoms with Crippen LogP contribution in [0.15, 0.2) is 12.2 Å². The normalized spacial score (nSPS) is 8.62. The second-order valence-electron chi connectivity index (χ2n) is 0.895. The number of allylic oxidation sites excluding steroid dienone is 1. The first-order chi connectivity index (χ1) is 3.27. The summed E-state index contributed by atoms with van der Waals surface area (Å²) in [5.74, 6) is -0.903. The summed E-state index contributed by atoms with van der Waals surface area (Å²) in [6.07, 6.45) is 2.61. The molecule has 0 rings (SSSR count). The van der Waals surface area contributed by atoms with Gasteiger partial charge in [0.1, 0.15) is 0 Å². The van der Waals surface area contributed by atoms with Crippen molar-refractivity contribution in [3.8, 4) is 0 Å². The number of carboxylic acids is 1. The number of alkyl halides is 1. The van der Waals surface area contributed by atoms with Gasteiger partial charge < -0.3 is 5.11 Å². The van der Waals surface area contributed by atoms with E-state index in [0.29, 0.717) is 5.33 Å². The van der Waals surface area contributed by atoms with Crippen molar-refractivity contribution in [2.75, 3.05) is 5.33 Å². The van der Waals surface area contributed by atoms with Crippen molar-refractivity contribution >= 4 is 21.9 Å². The number of hydrogen-bond acceptors (Lipinski definition) is 1. The van der Waals surface area contributed by atoms with Crippen molar-refractivity contribution in [3.05, 3.63) is 12.2 Å². The van der Waals surface area contributed by atoms with E-state index < -0.39 is 5.97 Å². The van der Waals surface area contributed by atoms with Gasteiger partial charge in [-0.3, -0.25) is 0 Å². The number of aliphatic carboxylic acids is 1. The van der Waals surface area contributed by atoms with E-state index in [4.69, 9.17) is 5.11 Å². The standard InChI is InChI=1S/C4H5BrO2.Hg/c5-3-1-2-4(6)7;/h1-2H,3H2,(H,6,7);. The van der Waals surface area contributed by atoms with Crippen molar-refractivity contribution in [3.63, 3.8) is 0 Å². The van der Waals surface area contributed by atoms with Gasteiger partial charge in [0, 0.05) is 39.1 Å². The molecular weight excluding hydrogens is 361 g/mol. The smallest absolute Gasteiger partial charge is 0.328 e. The molecule has 0 heterocycles. The maximum absolute atomic E-state index is 9.65. The van der Waals surface area contributed by atoms with Gasteiger partial charge in [-0.15, -0.1) is 0 Å². The average molecular weight is 366 g/mol. The molecule has 0 radical (unpaired) electrons. The number of rotatable bonds is 2. The van der Waals surface area contributed by atoms with Crippen LogP contribution >= 0.6 is 15.9 Å². The van der Waals surface area contributed by atoms with Gasteiger partial charge in [0.15, 0.2) is 0 Å². The van der Waals surface area contributed by atoms with E-state index in [2.05, 4.69) is 15.9 Å². The molecule has 0 aliphatic carbocycles. The zero-order valence-electron chi connectivity index (χ0n) is 4.30. The Morgan fingerprint density at radius 3 is 2.38 bits per heavy atom. The Labute approximate surface area is 76.6 Å². The van der Waals surface area contributed by atoms with Crippen LogP contribution in [0.25, 0.3) is 0 Å². The SMILES string of the molecule is O=C(O)C=CCBr.[Hg]. The topological polar surface area (TPSA) is 37.3 Å². The van der Waals surface area contributed by atoms with E-state index in [1.54, 1.807) is 0 Å². The van der Waals surface area contributed by atoms with Gasteiger partial charge in [-0.1, -0.05) is 22.0 Å². The molecule has 2 nitrogen and oxygen atoms in total. The van der Waals surface area contributed by atoms with Crippen LogP contribution in [-0.4, -0.2) is 16.4 Å². The van der Waals surface area contributed by atoms with Crippen molar-refractivity contribution < 1.29 is 37.6 Å². The number of halogens is 1. The molecule has 0 aromatic rings. The Hall–Kier alpha value is 0.625. The summed E-state index contributed by atoms with van der Waals surface area (Å²) in [6, 6.07) is 0. The van der Waals surface area contributed by atoms with Crippen LogP contribution in [0.4, 0.5) is 0 Å². The van der Waals surface area contributed by atoms with Crippen LogP contribution in [0.3, 0.4) is 0 Å². The molecule has 8 heavy (non-hydrogen) atoms. The van der Waals surface area contributed by atoms with Crippen LogP contribution < -0.4 is 0 Å². The summed E-state index contributed by atoms with van der Waals surface area (Å²) in [4.78, 5) is 9.65. The average Bonchev–Trinajstić information content (AvgIpc) is 1.61. The number of carboxylic acid groups (broad SMARTS) is 1. The minimum Gasteiger partial charge on any atom is -0.478 e. The van der Waals surface area contributed by atoms with E-state index in [9.17, 15) is 4.79 Å². The molecule has 1 N–H and O–H groups in total. The molecule has 0 unspecified atom stereocenters. The summed E-state index contributed by atoms with van der Waals surface area (Å²) in [6.45, 7) is 0. The van der Waals surface area contributed by atoms with E-state index >= 15 is 0 Å². The fourth-order valence-electron chi connectivity index (χ4n) is 0.145. The van der Waals surface area contributed by atoms with Crippen molar-refractivity contribution in [1.29, 1.82) is 0 Å². The molecule has 4 heteroatoms. The van der Waals surface area contributed by atoms with Gasteiger partial charge in [-0.25, -0.2) is 4.79 Å². The van der Waals surface area contributed by atoms with E-state index in [1.165, 1.54) is 6.08 Å². The van der Waals surface area contributed by atoms with Crippen LogP contribution in [0.5, 0.6) is 0 Å². The first-order valence-corrected chi connectivity index (χ1v) is 2.85. The maximum atomic E-state index is 9.65. The predicted octanol–water partition coefficient (Wildman–Crippen LogP) is 1.02. The van der Waals surface area contributed by atoms with Crippen molar-refractivity contribution in [2.24, 2.45) is 0 Å². The molecule has 0 amide bonds. The Bertz CT molecular complexity index is 92.0. The fourth-order valence-corrected chi connectivity index (χ4v) is 0.332. The van der Waals surface area contributed by atoms with Gasteiger partial charge in [0.2, 0.25) is 0 Å². The van der Waals surface area contributed by atoms with Crippen LogP contribution in [0.2, 0.25) is 0 Å². The van der Waals surface area contributed by atoms with E-state index in [1.807, 2.05) is 0 Å². The maximum Gasteiger partial charge on any atom is 0.328 e. The van der Waals surface area contributed by atoms with Gasteiger partial charge in [0.25, 0.3) is 0 Å². The minimum absolute atomic E-state index is 0. The zero-order valence-corrected chi connectivity index (χ0v) is 11.4. The molecule has 0 atom stereocenters. The van der Waals surface area contributed by atoms with Gasteiger partial charge in [-0.2, -0.15) is 0 Å². The third kappa shape index (κ3) is 9.80. The van der Waals surface area contributed by atoms with Gasteiger partial charge in [0.05, 0.1) is 0 Å². The number of hydrogen-bond donors (Lipinski definition) is 1. The summed E-state index contributed by atoms with van der Waals surface area (Å²) in [7, 11) is 0. The van der Waals surface area contributed by atoms with E-state index in [0.717, 1.165) is 6.08 Å². The Balaban J connectivity index is 0. The molecule has 0 aliphatic rings. The molecule has 0 fully saturated rings. The molecule has 0 aromatic heterocycles. The third-order valence-electron chi connectivity index (χ3n) is 0.350. The van der Waals surface area contributed by atoms with Gasteiger partial charge in [-0.05, 0) is 0 Å². The van der Waals surface area contributed by atoms with E-state index in [-0.39, 0.29) is 27.7 Å². The minimum atomic E-state index is -0.903.